The molecular formula is C9H6Cl4N4O3S. The fourth-order valence-corrected chi connectivity index (χ4v) is 4.48. The first-order valence-corrected chi connectivity index (χ1v) is 8.61. The number of hydrogen-bond acceptors (Lipinski definition) is 5. The number of halogens is 4. The molecule has 2 heterocycles. The second kappa shape index (κ2) is 5.77. The molecule has 12 heteroatoms. The van der Waals surface area contributed by atoms with Gasteiger partial charge in [0.15, 0.2) is 15.5 Å². The van der Waals surface area contributed by atoms with E-state index >= 15 is 0 Å². The summed E-state index contributed by atoms with van der Waals surface area (Å²) in [6.07, 6.45) is 2.05. The van der Waals surface area contributed by atoms with E-state index < -0.39 is 31.2 Å². The molecule has 1 N–H and O–H groups in total. The highest BCUT2D eigenvalue weighted by Gasteiger charge is 2.40. The lowest BCUT2D eigenvalue weighted by molar-refractivity contribution is 0.0806. The van der Waals surface area contributed by atoms with Gasteiger partial charge in [-0.2, -0.15) is 15.4 Å². The van der Waals surface area contributed by atoms with E-state index in [9.17, 15) is 13.2 Å². The number of sulfone groups is 1. The second-order valence-corrected chi connectivity index (χ2v) is 7.43. The lowest BCUT2D eigenvalue weighted by atomic mass is 10.3. The van der Waals surface area contributed by atoms with Crippen molar-refractivity contribution in [1.29, 1.82) is 0 Å². The van der Waals surface area contributed by atoms with Crippen LogP contribution in [0.4, 0.5) is 0 Å². The first-order valence-electron chi connectivity index (χ1n) is 5.15. The zero-order valence-corrected chi connectivity index (χ0v) is 14.0. The average Bonchev–Trinajstić information content (AvgIpc) is 2.89. The first kappa shape index (κ1) is 16.6. The van der Waals surface area contributed by atoms with Gasteiger partial charge in [0, 0.05) is 6.26 Å². The van der Waals surface area contributed by atoms with Crippen molar-refractivity contribution >= 4 is 62.1 Å². The van der Waals surface area contributed by atoms with Crippen LogP contribution in [0.1, 0.15) is 10.5 Å². The largest absolute Gasteiger partial charge is 0.282 e. The molecule has 0 bridgehead atoms. The molecule has 1 amide bonds. The van der Waals surface area contributed by atoms with Crippen LogP contribution < -0.4 is 0 Å². The van der Waals surface area contributed by atoms with Crippen molar-refractivity contribution in [3.05, 3.63) is 32.0 Å². The van der Waals surface area contributed by atoms with Crippen LogP contribution in [0, 0.1) is 0 Å². The van der Waals surface area contributed by atoms with Gasteiger partial charge in [-0.05, 0) is 0 Å². The molecule has 114 valence electrons. The lowest BCUT2D eigenvalue weighted by Crippen LogP contribution is -2.39. The summed E-state index contributed by atoms with van der Waals surface area (Å²) in [7, 11) is -3.78. The number of rotatable bonds is 2. The summed E-state index contributed by atoms with van der Waals surface area (Å²) in [5, 5.41) is 8.24. The minimum Gasteiger partial charge on any atom is -0.273 e. The van der Waals surface area contributed by atoms with Crippen LogP contribution >= 0.6 is 46.4 Å². The summed E-state index contributed by atoms with van der Waals surface area (Å²) in [4.78, 5) is 12.6. The molecular weight excluding hydrogens is 386 g/mol. The third-order valence-electron chi connectivity index (χ3n) is 2.47. The van der Waals surface area contributed by atoms with Gasteiger partial charge in [-0.1, -0.05) is 46.4 Å². The van der Waals surface area contributed by atoms with Crippen LogP contribution in [-0.4, -0.2) is 46.4 Å². The lowest BCUT2D eigenvalue weighted by Gasteiger charge is -2.31. The van der Waals surface area contributed by atoms with Gasteiger partial charge in [0.05, 0.1) is 16.3 Å². The minimum atomic E-state index is -3.78. The molecule has 0 saturated carbocycles. The Hall–Kier alpha value is -0.800. The number of allylic oxidation sites excluding steroid dienone is 1. The maximum absolute atomic E-state index is 12.2. The molecule has 2 rings (SSSR count). The summed E-state index contributed by atoms with van der Waals surface area (Å²) < 4.78 is 23.4. The Balaban J connectivity index is 2.56. The monoisotopic (exact) mass is 390 g/mol. The number of alkyl halides is 1. The zero-order valence-electron chi connectivity index (χ0n) is 10.1. The maximum Gasteiger partial charge on any atom is 0.282 e. The van der Waals surface area contributed by atoms with Crippen molar-refractivity contribution in [2.45, 2.75) is 5.50 Å². The standard InChI is InChI=1S/C9H6Cl4N4O3S/c1-21(19,20)6-4(10)7(12)17(8(13)5(6)11)9(18)3-2-14-16-15-3/h2,7H,1H3,(H,14,15,16). The number of aromatic nitrogens is 3. The maximum atomic E-state index is 12.2. The predicted molar refractivity (Wildman–Crippen MR) is 78.6 cm³/mol. The minimum absolute atomic E-state index is 0.0875. The third-order valence-corrected chi connectivity index (χ3v) is 5.61. The highest BCUT2D eigenvalue weighted by Crippen LogP contribution is 2.42. The molecule has 7 nitrogen and oxygen atoms in total. The molecule has 1 aliphatic rings. The molecule has 0 radical (unpaired) electrons. The highest BCUT2D eigenvalue weighted by molar-refractivity contribution is 7.95. The Morgan fingerprint density at radius 2 is 2.00 bits per heavy atom. The van der Waals surface area contributed by atoms with Crippen molar-refractivity contribution in [2.75, 3.05) is 6.26 Å². The van der Waals surface area contributed by atoms with E-state index in [1.165, 1.54) is 0 Å². The Labute approximate surface area is 139 Å². The number of amides is 1. The molecule has 1 unspecified atom stereocenters. The van der Waals surface area contributed by atoms with Crippen molar-refractivity contribution in [1.82, 2.24) is 20.3 Å². The molecule has 1 aromatic heterocycles. The summed E-state index contributed by atoms with van der Waals surface area (Å²) >= 11 is 23.8. The Kier molecular flexibility index (Phi) is 4.55. The van der Waals surface area contributed by atoms with Gasteiger partial charge in [0.1, 0.15) is 15.6 Å². The molecule has 0 fully saturated rings. The normalized spacial score (nSPS) is 20.2. The smallest absolute Gasteiger partial charge is 0.273 e. The van der Waals surface area contributed by atoms with E-state index in [1.54, 1.807) is 0 Å². The summed E-state index contributed by atoms with van der Waals surface area (Å²) in [5.41, 5.74) is -1.42. The Morgan fingerprint density at radius 1 is 1.38 bits per heavy atom. The van der Waals surface area contributed by atoms with Crippen LogP contribution in [0.15, 0.2) is 26.3 Å². The second-order valence-electron chi connectivity index (χ2n) is 3.92. The number of carbonyl (C=O) groups excluding carboxylic acids is 1. The zero-order chi connectivity index (χ0) is 15.9. The quantitative estimate of drug-likeness (QED) is 0.614. The number of carbonyl (C=O) groups is 1. The topological polar surface area (TPSA) is 96.0 Å². The fraction of sp³-hybridized carbons (Fsp3) is 0.222. The average molecular weight is 392 g/mol. The van der Waals surface area contributed by atoms with Crippen molar-refractivity contribution < 1.29 is 13.2 Å². The summed E-state index contributed by atoms with van der Waals surface area (Å²) in [6, 6.07) is 0. The third kappa shape index (κ3) is 2.91. The predicted octanol–water partition coefficient (Wildman–Crippen LogP) is 1.97. The van der Waals surface area contributed by atoms with Crippen LogP contribution in [0.3, 0.4) is 0 Å². The van der Waals surface area contributed by atoms with Crippen molar-refractivity contribution in [3.63, 3.8) is 0 Å². The van der Waals surface area contributed by atoms with Gasteiger partial charge in [-0.3, -0.25) is 9.69 Å². The molecule has 1 aliphatic heterocycles. The fourth-order valence-electron chi connectivity index (χ4n) is 1.59. The number of H-pyrrole nitrogens is 1. The SMILES string of the molecule is CS(=O)(=O)C1=C(Cl)C(Cl)N(C(=O)c2cn[nH]n2)C(Cl)=C1Cl. The molecule has 0 aromatic carbocycles. The van der Waals surface area contributed by atoms with Crippen LogP contribution in [0.5, 0.6) is 0 Å². The molecule has 0 saturated heterocycles. The van der Waals surface area contributed by atoms with E-state index in [0.29, 0.717) is 0 Å². The van der Waals surface area contributed by atoms with Gasteiger partial charge in [-0.25, -0.2) is 8.42 Å². The van der Waals surface area contributed by atoms with E-state index in [0.717, 1.165) is 17.4 Å². The van der Waals surface area contributed by atoms with Gasteiger partial charge in [0.25, 0.3) is 5.91 Å². The number of nitrogens with one attached hydrogen (secondary N) is 1. The van der Waals surface area contributed by atoms with E-state index in [-0.39, 0.29) is 15.9 Å². The number of aromatic amines is 1. The van der Waals surface area contributed by atoms with Crippen molar-refractivity contribution in [3.8, 4) is 0 Å². The van der Waals surface area contributed by atoms with Crippen LogP contribution in [0.25, 0.3) is 0 Å². The molecule has 1 atom stereocenters. The van der Waals surface area contributed by atoms with Gasteiger partial charge >= 0.3 is 0 Å². The number of nitrogens with zero attached hydrogens (tertiary/aromatic N) is 3. The van der Waals surface area contributed by atoms with Crippen LogP contribution in [0.2, 0.25) is 0 Å². The molecule has 21 heavy (non-hydrogen) atoms. The van der Waals surface area contributed by atoms with Crippen molar-refractivity contribution in [2.24, 2.45) is 0 Å². The molecule has 0 spiro atoms. The highest BCUT2D eigenvalue weighted by atomic mass is 35.5. The van der Waals surface area contributed by atoms with E-state index in [4.69, 9.17) is 46.4 Å². The van der Waals surface area contributed by atoms with E-state index in [1.807, 2.05) is 0 Å². The van der Waals surface area contributed by atoms with Gasteiger partial charge < -0.3 is 0 Å². The Morgan fingerprint density at radius 3 is 2.48 bits per heavy atom. The van der Waals surface area contributed by atoms with E-state index in [2.05, 4.69) is 15.4 Å². The summed E-state index contributed by atoms with van der Waals surface area (Å²) in [5.74, 6) is -0.738. The van der Waals surface area contributed by atoms with Crippen LogP contribution in [-0.2, 0) is 9.84 Å². The van der Waals surface area contributed by atoms with Gasteiger partial charge in [-0.15, -0.1) is 0 Å². The number of hydrogen-bond donors (Lipinski definition) is 1. The molecule has 0 aliphatic carbocycles. The summed E-state index contributed by atoms with van der Waals surface area (Å²) in [6.45, 7) is 0. The first-order chi connectivity index (χ1) is 9.66. The van der Waals surface area contributed by atoms with Gasteiger partial charge in [0.2, 0.25) is 0 Å². The molecule has 1 aromatic rings. The Bertz CT molecular complexity index is 756.